The van der Waals surface area contributed by atoms with Gasteiger partial charge in [0.25, 0.3) is 11.6 Å². The van der Waals surface area contributed by atoms with E-state index in [1.165, 1.54) is 17.2 Å². The fraction of sp³-hybridized carbons (Fsp3) is 0.294. The number of nitrogens with zero attached hydrogens (tertiary/aromatic N) is 4. The van der Waals surface area contributed by atoms with E-state index in [9.17, 15) is 28.1 Å². The Bertz CT molecular complexity index is 963. The van der Waals surface area contributed by atoms with Crippen molar-refractivity contribution >= 4 is 40.5 Å². The zero-order valence-electron chi connectivity index (χ0n) is 14.6. The summed E-state index contributed by atoms with van der Waals surface area (Å²) in [6, 6.07) is 3.81. The number of nitro benzene ring substituents is 1. The first-order valence-corrected chi connectivity index (χ1v) is 9.04. The quantitative estimate of drug-likeness (QED) is 0.397. The third kappa shape index (κ3) is 4.54. The van der Waals surface area contributed by atoms with Crippen molar-refractivity contribution in [2.45, 2.75) is 6.18 Å². The number of piperazine rings is 1. The van der Waals surface area contributed by atoms with Crippen LogP contribution in [-0.4, -0.2) is 46.9 Å². The topological polar surface area (TPSA) is 79.6 Å². The largest absolute Gasteiger partial charge is 0.416 e. The highest BCUT2D eigenvalue weighted by atomic mass is 35.5. The summed E-state index contributed by atoms with van der Waals surface area (Å²) in [7, 11) is 0. The second-order valence-electron chi connectivity index (χ2n) is 6.23. The number of carbonyl (C=O) groups is 1. The normalized spacial score (nSPS) is 14.8. The lowest BCUT2D eigenvalue weighted by Crippen LogP contribution is -2.49. The van der Waals surface area contributed by atoms with E-state index in [1.54, 1.807) is 4.90 Å². The Labute approximate surface area is 172 Å². The summed E-state index contributed by atoms with van der Waals surface area (Å²) in [5, 5.41) is 11.5. The van der Waals surface area contributed by atoms with Crippen molar-refractivity contribution in [3.8, 4) is 0 Å². The molecule has 0 unspecified atom stereocenters. The molecule has 1 fully saturated rings. The number of rotatable bonds is 3. The van der Waals surface area contributed by atoms with E-state index in [4.69, 9.17) is 23.2 Å². The molecule has 1 amide bonds. The minimum Gasteiger partial charge on any atom is -0.362 e. The number of anilines is 1. The van der Waals surface area contributed by atoms with Gasteiger partial charge in [-0.2, -0.15) is 13.2 Å². The molecule has 1 aromatic heterocycles. The number of hydrogen-bond acceptors (Lipinski definition) is 5. The third-order valence-electron chi connectivity index (χ3n) is 4.45. The standard InChI is InChI=1S/C17H13Cl2F3N4O3/c18-12-7-10(9-23-15(12)19)16(27)25-5-3-24(4-6-25)13-2-1-11(17(20,21)22)8-14(13)26(28)29/h1-2,7-9H,3-6H2. The maximum Gasteiger partial charge on any atom is 0.416 e. The molecule has 0 radical (unpaired) electrons. The highest BCUT2D eigenvalue weighted by molar-refractivity contribution is 6.41. The Hall–Kier alpha value is -2.59. The fourth-order valence-electron chi connectivity index (χ4n) is 2.98. The molecule has 1 aliphatic heterocycles. The number of carbonyl (C=O) groups excluding carboxylic acids is 1. The van der Waals surface area contributed by atoms with Crippen LogP contribution in [-0.2, 0) is 6.18 Å². The van der Waals surface area contributed by atoms with Crippen molar-refractivity contribution < 1.29 is 22.9 Å². The number of hydrogen-bond donors (Lipinski definition) is 0. The highest BCUT2D eigenvalue weighted by Crippen LogP contribution is 2.36. The number of amides is 1. The minimum absolute atomic E-state index is 0.0719. The van der Waals surface area contributed by atoms with Gasteiger partial charge in [-0.05, 0) is 18.2 Å². The Kier molecular flexibility index (Phi) is 5.85. The molecule has 1 aromatic carbocycles. The molecule has 2 aromatic rings. The molecule has 0 atom stereocenters. The first kappa shape index (κ1) is 21.1. The van der Waals surface area contributed by atoms with Crippen LogP contribution in [0.25, 0.3) is 0 Å². The summed E-state index contributed by atoms with van der Waals surface area (Å²) in [6.45, 7) is 0.869. The molecule has 7 nitrogen and oxygen atoms in total. The minimum atomic E-state index is -4.68. The van der Waals surface area contributed by atoms with Gasteiger partial charge < -0.3 is 9.80 Å². The van der Waals surface area contributed by atoms with Crippen molar-refractivity contribution in [3.63, 3.8) is 0 Å². The zero-order valence-corrected chi connectivity index (χ0v) is 16.1. The van der Waals surface area contributed by atoms with Crippen molar-refractivity contribution in [1.29, 1.82) is 0 Å². The van der Waals surface area contributed by atoms with Gasteiger partial charge in [0.15, 0.2) is 0 Å². The third-order valence-corrected chi connectivity index (χ3v) is 5.14. The number of halogens is 5. The number of nitro groups is 1. The lowest BCUT2D eigenvalue weighted by Gasteiger charge is -2.35. The first-order chi connectivity index (χ1) is 13.6. The van der Waals surface area contributed by atoms with E-state index in [2.05, 4.69) is 4.98 Å². The van der Waals surface area contributed by atoms with Crippen LogP contribution in [0.3, 0.4) is 0 Å². The maximum absolute atomic E-state index is 12.9. The van der Waals surface area contributed by atoms with E-state index in [-0.39, 0.29) is 53.5 Å². The van der Waals surface area contributed by atoms with Gasteiger partial charge in [-0.1, -0.05) is 23.2 Å². The average molecular weight is 449 g/mol. The van der Waals surface area contributed by atoms with E-state index in [0.29, 0.717) is 6.07 Å². The molecule has 2 heterocycles. The highest BCUT2D eigenvalue weighted by Gasteiger charge is 2.34. The van der Waals surface area contributed by atoms with Crippen LogP contribution in [0.4, 0.5) is 24.5 Å². The number of aromatic nitrogens is 1. The van der Waals surface area contributed by atoms with Crippen molar-refractivity contribution in [2.24, 2.45) is 0 Å². The molecule has 12 heteroatoms. The Morgan fingerprint density at radius 2 is 1.79 bits per heavy atom. The molecule has 3 rings (SSSR count). The molecular weight excluding hydrogens is 436 g/mol. The second-order valence-corrected chi connectivity index (χ2v) is 7.00. The van der Waals surface area contributed by atoms with Crippen LogP contribution in [0.2, 0.25) is 10.2 Å². The number of alkyl halides is 3. The molecule has 154 valence electrons. The van der Waals surface area contributed by atoms with E-state index < -0.39 is 22.4 Å². The fourth-order valence-corrected chi connectivity index (χ4v) is 3.25. The number of benzene rings is 1. The van der Waals surface area contributed by atoms with Crippen molar-refractivity contribution in [1.82, 2.24) is 9.88 Å². The summed E-state index contributed by atoms with van der Waals surface area (Å²) in [5.74, 6) is -0.336. The van der Waals surface area contributed by atoms with Gasteiger partial charge in [-0.3, -0.25) is 14.9 Å². The smallest absolute Gasteiger partial charge is 0.362 e. The lowest BCUT2D eigenvalue weighted by atomic mass is 10.1. The molecule has 0 saturated carbocycles. The monoisotopic (exact) mass is 448 g/mol. The zero-order chi connectivity index (χ0) is 21.3. The molecule has 1 aliphatic rings. The predicted molar refractivity (Wildman–Crippen MR) is 100 cm³/mol. The summed E-state index contributed by atoms with van der Waals surface area (Å²) in [4.78, 5) is 29.9. The van der Waals surface area contributed by atoms with Gasteiger partial charge in [0, 0.05) is 38.4 Å². The Morgan fingerprint density at radius 3 is 2.34 bits per heavy atom. The van der Waals surface area contributed by atoms with Gasteiger partial charge in [0.2, 0.25) is 0 Å². The second kappa shape index (κ2) is 8.03. The van der Waals surface area contributed by atoms with Gasteiger partial charge >= 0.3 is 6.18 Å². The SMILES string of the molecule is O=C(c1cnc(Cl)c(Cl)c1)N1CCN(c2ccc(C(F)(F)F)cc2[N+](=O)[O-])CC1. The molecule has 29 heavy (non-hydrogen) atoms. The van der Waals surface area contributed by atoms with E-state index >= 15 is 0 Å². The molecule has 0 aliphatic carbocycles. The molecule has 0 spiro atoms. The van der Waals surface area contributed by atoms with Crippen LogP contribution in [0.5, 0.6) is 0 Å². The molecule has 0 N–H and O–H groups in total. The van der Waals surface area contributed by atoms with Crippen LogP contribution in [0.15, 0.2) is 30.5 Å². The van der Waals surface area contributed by atoms with Gasteiger partial charge in [-0.25, -0.2) is 4.98 Å². The van der Waals surface area contributed by atoms with Gasteiger partial charge in [0.05, 0.1) is 21.1 Å². The molecular formula is C17H13Cl2F3N4O3. The predicted octanol–water partition coefficient (Wildman–Crippen LogP) is 4.28. The Morgan fingerprint density at radius 1 is 1.14 bits per heavy atom. The van der Waals surface area contributed by atoms with Gasteiger partial charge in [0.1, 0.15) is 10.8 Å². The van der Waals surface area contributed by atoms with Crippen LogP contribution < -0.4 is 4.90 Å². The summed E-state index contributed by atoms with van der Waals surface area (Å²) in [6.07, 6.45) is -3.38. The average Bonchev–Trinajstić information content (AvgIpc) is 2.68. The molecule has 1 saturated heterocycles. The lowest BCUT2D eigenvalue weighted by molar-refractivity contribution is -0.384. The van der Waals surface area contributed by atoms with Crippen molar-refractivity contribution in [2.75, 3.05) is 31.1 Å². The first-order valence-electron chi connectivity index (χ1n) is 8.29. The maximum atomic E-state index is 12.9. The summed E-state index contributed by atoms with van der Waals surface area (Å²) in [5.41, 5.74) is -1.40. The van der Waals surface area contributed by atoms with Crippen LogP contribution in [0.1, 0.15) is 15.9 Å². The van der Waals surface area contributed by atoms with Gasteiger partial charge in [-0.15, -0.1) is 0 Å². The molecule has 0 bridgehead atoms. The van der Waals surface area contributed by atoms with Crippen molar-refractivity contribution in [3.05, 3.63) is 61.9 Å². The van der Waals surface area contributed by atoms with E-state index in [1.807, 2.05) is 0 Å². The van der Waals surface area contributed by atoms with E-state index in [0.717, 1.165) is 12.1 Å². The summed E-state index contributed by atoms with van der Waals surface area (Å²) >= 11 is 11.6. The Balaban J connectivity index is 1.76. The summed E-state index contributed by atoms with van der Waals surface area (Å²) < 4.78 is 38.6. The number of pyridine rings is 1. The van der Waals surface area contributed by atoms with Crippen LogP contribution >= 0.6 is 23.2 Å². The van der Waals surface area contributed by atoms with Crippen LogP contribution in [0, 0.1) is 10.1 Å².